The highest BCUT2D eigenvalue weighted by atomic mass is 16.5. The Balaban J connectivity index is 1.92. The standard InChI is InChI=1S/C23H27NO5/c1-5-28-20-13-11-18(15-21(20)27-4)12-14-22(25)29-17(2)23(26)24(3)16-19-9-7-6-8-10-19/h6-15,17H,5,16H2,1-4H3/b14-12+. The fourth-order valence-electron chi connectivity index (χ4n) is 2.74. The van der Waals surface area contributed by atoms with Gasteiger partial charge in [-0.15, -0.1) is 0 Å². The Labute approximate surface area is 171 Å². The van der Waals surface area contributed by atoms with Crippen molar-refractivity contribution in [2.45, 2.75) is 26.5 Å². The van der Waals surface area contributed by atoms with Crippen molar-refractivity contribution in [2.24, 2.45) is 0 Å². The molecular weight excluding hydrogens is 370 g/mol. The highest BCUT2D eigenvalue weighted by Gasteiger charge is 2.20. The molecule has 1 atom stereocenters. The summed E-state index contributed by atoms with van der Waals surface area (Å²) in [5, 5.41) is 0. The number of nitrogens with zero attached hydrogens (tertiary/aromatic N) is 1. The maximum Gasteiger partial charge on any atom is 0.331 e. The number of carbonyl (C=O) groups excluding carboxylic acids is 2. The van der Waals surface area contributed by atoms with Crippen molar-refractivity contribution in [3.63, 3.8) is 0 Å². The summed E-state index contributed by atoms with van der Waals surface area (Å²) in [6.07, 6.45) is 2.01. The van der Waals surface area contributed by atoms with E-state index in [9.17, 15) is 9.59 Å². The van der Waals surface area contributed by atoms with E-state index in [2.05, 4.69) is 0 Å². The molecule has 0 aliphatic rings. The Morgan fingerprint density at radius 1 is 1.10 bits per heavy atom. The fourth-order valence-corrected chi connectivity index (χ4v) is 2.74. The van der Waals surface area contributed by atoms with Crippen LogP contribution >= 0.6 is 0 Å². The molecule has 0 aliphatic carbocycles. The van der Waals surface area contributed by atoms with Crippen molar-refractivity contribution < 1.29 is 23.8 Å². The van der Waals surface area contributed by atoms with Gasteiger partial charge in [-0.3, -0.25) is 4.79 Å². The van der Waals surface area contributed by atoms with E-state index in [4.69, 9.17) is 14.2 Å². The van der Waals surface area contributed by atoms with Crippen molar-refractivity contribution in [3.8, 4) is 11.5 Å². The van der Waals surface area contributed by atoms with Gasteiger partial charge in [-0.05, 0) is 43.2 Å². The van der Waals surface area contributed by atoms with E-state index in [-0.39, 0.29) is 5.91 Å². The molecule has 6 heteroatoms. The third kappa shape index (κ3) is 6.68. The number of rotatable bonds is 9. The van der Waals surface area contributed by atoms with Crippen LogP contribution in [0.3, 0.4) is 0 Å². The number of hydrogen-bond acceptors (Lipinski definition) is 5. The number of hydrogen-bond donors (Lipinski definition) is 0. The Bertz CT molecular complexity index is 848. The minimum atomic E-state index is -0.879. The minimum Gasteiger partial charge on any atom is -0.493 e. The molecule has 0 fully saturated rings. The van der Waals surface area contributed by atoms with Gasteiger partial charge >= 0.3 is 5.97 Å². The van der Waals surface area contributed by atoms with Crippen LogP contribution in [0.4, 0.5) is 0 Å². The van der Waals surface area contributed by atoms with E-state index in [1.807, 2.05) is 37.3 Å². The first-order valence-electron chi connectivity index (χ1n) is 9.43. The van der Waals surface area contributed by atoms with E-state index in [0.29, 0.717) is 24.7 Å². The Morgan fingerprint density at radius 2 is 1.83 bits per heavy atom. The van der Waals surface area contributed by atoms with Crippen LogP contribution in [0.5, 0.6) is 11.5 Å². The van der Waals surface area contributed by atoms with Gasteiger partial charge in [-0.1, -0.05) is 36.4 Å². The molecule has 1 unspecified atom stereocenters. The molecule has 154 valence electrons. The quantitative estimate of drug-likeness (QED) is 0.477. The molecule has 6 nitrogen and oxygen atoms in total. The number of amides is 1. The lowest BCUT2D eigenvalue weighted by Crippen LogP contribution is -2.36. The Hall–Kier alpha value is -3.28. The van der Waals surface area contributed by atoms with Gasteiger partial charge in [-0.2, -0.15) is 0 Å². The molecule has 2 aromatic rings. The largest absolute Gasteiger partial charge is 0.493 e. The summed E-state index contributed by atoms with van der Waals surface area (Å²) in [6, 6.07) is 15.0. The maximum atomic E-state index is 12.4. The molecule has 0 saturated heterocycles. The molecule has 0 N–H and O–H groups in total. The average Bonchev–Trinajstić information content (AvgIpc) is 2.73. The number of benzene rings is 2. The van der Waals surface area contributed by atoms with Crippen LogP contribution in [0.15, 0.2) is 54.6 Å². The summed E-state index contributed by atoms with van der Waals surface area (Å²) in [5.41, 5.74) is 1.76. The summed E-state index contributed by atoms with van der Waals surface area (Å²) >= 11 is 0. The number of esters is 1. The van der Waals surface area contributed by atoms with Gasteiger partial charge in [0.1, 0.15) is 0 Å². The van der Waals surface area contributed by atoms with Gasteiger partial charge in [0, 0.05) is 19.7 Å². The second-order valence-corrected chi connectivity index (χ2v) is 6.44. The SMILES string of the molecule is CCOc1ccc(/C=C/C(=O)OC(C)C(=O)N(C)Cc2ccccc2)cc1OC. The predicted octanol–water partition coefficient (Wildman–Crippen LogP) is 3.70. The lowest BCUT2D eigenvalue weighted by Gasteiger charge is -2.21. The van der Waals surface area contributed by atoms with E-state index in [0.717, 1.165) is 11.1 Å². The molecule has 1 amide bonds. The highest BCUT2D eigenvalue weighted by Crippen LogP contribution is 2.28. The van der Waals surface area contributed by atoms with Gasteiger partial charge in [0.2, 0.25) is 0 Å². The second-order valence-electron chi connectivity index (χ2n) is 6.44. The molecule has 2 rings (SSSR count). The molecule has 0 aromatic heterocycles. The van der Waals surface area contributed by atoms with Crippen molar-refractivity contribution in [2.75, 3.05) is 20.8 Å². The molecule has 29 heavy (non-hydrogen) atoms. The highest BCUT2D eigenvalue weighted by molar-refractivity contribution is 5.90. The number of carbonyl (C=O) groups is 2. The van der Waals surface area contributed by atoms with Gasteiger partial charge in [0.25, 0.3) is 5.91 Å². The van der Waals surface area contributed by atoms with Crippen LogP contribution in [0.25, 0.3) is 6.08 Å². The van der Waals surface area contributed by atoms with Gasteiger partial charge in [-0.25, -0.2) is 4.79 Å². The van der Waals surface area contributed by atoms with Crippen LogP contribution in [-0.2, 0) is 20.9 Å². The number of likely N-dealkylation sites (N-methyl/N-ethyl adjacent to an activating group) is 1. The first-order valence-corrected chi connectivity index (χ1v) is 9.43. The summed E-state index contributed by atoms with van der Waals surface area (Å²) < 4.78 is 16.0. The van der Waals surface area contributed by atoms with Crippen molar-refractivity contribution in [1.82, 2.24) is 4.90 Å². The van der Waals surface area contributed by atoms with Crippen LogP contribution in [0.1, 0.15) is 25.0 Å². The van der Waals surface area contributed by atoms with Crippen molar-refractivity contribution in [3.05, 3.63) is 65.7 Å². The van der Waals surface area contributed by atoms with E-state index < -0.39 is 12.1 Å². The lowest BCUT2D eigenvalue weighted by atomic mass is 10.2. The molecule has 0 heterocycles. The van der Waals surface area contributed by atoms with Crippen LogP contribution in [0.2, 0.25) is 0 Å². The first-order chi connectivity index (χ1) is 13.9. The second kappa shape index (κ2) is 10.9. The summed E-state index contributed by atoms with van der Waals surface area (Å²) in [4.78, 5) is 26.1. The van der Waals surface area contributed by atoms with Gasteiger partial charge < -0.3 is 19.1 Å². The van der Waals surface area contributed by atoms with Crippen molar-refractivity contribution >= 4 is 18.0 Å². The van der Waals surface area contributed by atoms with Crippen LogP contribution in [0, 0.1) is 0 Å². The zero-order valence-corrected chi connectivity index (χ0v) is 17.3. The maximum absolute atomic E-state index is 12.4. The van der Waals surface area contributed by atoms with E-state index >= 15 is 0 Å². The third-order valence-corrected chi connectivity index (χ3v) is 4.18. The number of ether oxygens (including phenoxy) is 3. The molecule has 0 spiro atoms. The molecule has 0 saturated carbocycles. The monoisotopic (exact) mass is 397 g/mol. The fraction of sp³-hybridized carbons (Fsp3) is 0.304. The van der Waals surface area contributed by atoms with Crippen molar-refractivity contribution in [1.29, 1.82) is 0 Å². The molecular formula is C23H27NO5. The van der Waals surface area contributed by atoms with Gasteiger partial charge in [0.05, 0.1) is 13.7 Å². The lowest BCUT2D eigenvalue weighted by molar-refractivity contribution is -0.154. The predicted molar refractivity (Wildman–Crippen MR) is 112 cm³/mol. The minimum absolute atomic E-state index is 0.265. The van der Waals surface area contributed by atoms with E-state index in [1.165, 1.54) is 11.0 Å². The Morgan fingerprint density at radius 3 is 2.48 bits per heavy atom. The molecule has 0 radical (unpaired) electrons. The molecule has 0 bridgehead atoms. The zero-order valence-electron chi connectivity index (χ0n) is 17.3. The number of methoxy groups -OCH3 is 1. The topological polar surface area (TPSA) is 65.1 Å². The van der Waals surface area contributed by atoms with Gasteiger partial charge in [0.15, 0.2) is 17.6 Å². The van der Waals surface area contributed by atoms with Crippen LogP contribution in [-0.4, -0.2) is 43.6 Å². The molecule has 0 aliphatic heterocycles. The summed E-state index contributed by atoms with van der Waals surface area (Å²) in [5.74, 6) is 0.356. The molecule has 2 aromatic carbocycles. The summed E-state index contributed by atoms with van der Waals surface area (Å²) in [7, 11) is 3.24. The average molecular weight is 397 g/mol. The Kier molecular flexibility index (Phi) is 8.27. The summed E-state index contributed by atoms with van der Waals surface area (Å²) in [6.45, 7) is 4.43. The normalized spacial score (nSPS) is 11.7. The van der Waals surface area contributed by atoms with E-state index in [1.54, 1.807) is 45.4 Å². The third-order valence-electron chi connectivity index (χ3n) is 4.18. The first kappa shape index (κ1) is 22.0. The smallest absolute Gasteiger partial charge is 0.331 e. The van der Waals surface area contributed by atoms with Crippen LogP contribution < -0.4 is 9.47 Å². The zero-order chi connectivity index (χ0) is 21.2.